The van der Waals surface area contributed by atoms with Gasteiger partial charge in [0.2, 0.25) is 5.91 Å². The van der Waals surface area contributed by atoms with E-state index in [2.05, 4.69) is 0 Å². The van der Waals surface area contributed by atoms with Gasteiger partial charge in [0, 0.05) is 19.0 Å². The van der Waals surface area contributed by atoms with Gasteiger partial charge in [-0.2, -0.15) is 0 Å². The number of hydrogen-bond acceptors (Lipinski definition) is 3. The standard InChI is InChI=1S/C12H22N2O3/c1-3-4-12(11(16)17)5-6-14(8-12)7-9(2)10(13)15/h9H,3-8H2,1-2H3,(H2,13,15)(H,16,17). The Morgan fingerprint density at radius 2 is 2.18 bits per heavy atom. The van der Waals surface area contributed by atoms with Gasteiger partial charge < -0.3 is 15.7 Å². The zero-order valence-corrected chi connectivity index (χ0v) is 10.6. The summed E-state index contributed by atoms with van der Waals surface area (Å²) in [5.41, 5.74) is 4.60. The number of hydrogen-bond donors (Lipinski definition) is 2. The predicted molar refractivity (Wildman–Crippen MR) is 64.4 cm³/mol. The molecule has 2 atom stereocenters. The molecule has 1 amide bonds. The quantitative estimate of drug-likeness (QED) is 0.717. The first-order valence-electron chi connectivity index (χ1n) is 6.16. The van der Waals surface area contributed by atoms with Crippen LogP contribution in [0.25, 0.3) is 0 Å². The normalized spacial score (nSPS) is 26.9. The number of nitrogens with zero attached hydrogens (tertiary/aromatic N) is 1. The van der Waals surface area contributed by atoms with Crippen LogP contribution in [0.15, 0.2) is 0 Å². The molecule has 3 N–H and O–H groups in total. The summed E-state index contributed by atoms with van der Waals surface area (Å²) in [5.74, 6) is -1.26. The van der Waals surface area contributed by atoms with E-state index >= 15 is 0 Å². The maximum absolute atomic E-state index is 11.4. The predicted octanol–water partition coefficient (Wildman–Crippen LogP) is 0.685. The minimum Gasteiger partial charge on any atom is -0.481 e. The zero-order valence-electron chi connectivity index (χ0n) is 10.6. The van der Waals surface area contributed by atoms with E-state index in [-0.39, 0.29) is 11.8 Å². The van der Waals surface area contributed by atoms with Gasteiger partial charge in [-0.1, -0.05) is 20.3 Å². The highest BCUT2D eigenvalue weighted by atomic mass is 16.4. The van der Waals surface area contributed by atoms with Crippen molar-refractivity contribution in [3.05, 3.63) is 0 Å². The molecule has 0 spiro atoms. The lowest BCUT2D eigenvalue weighted by atomic mass is 9.83. The van der Waals surface area contributed by atoms with Gasteiger partial charge in [0.05, 0.1) is 5.41 Å². The summed E-state index contributed by atoms with van der Waals surface area (Å²) in [6, 6.07) is 0. The van der Waals surface area contributed by atoms with Gasteiger partial charge in [-0.05, 0) is 19.4 Å². The van der Waals surface area contributed by atoms with Gasteiger partial charge in [0.1, 0.15) is 0 Å². The molecule has 98 valence electrons. The molecule has 1 rings (SSSR count). The Kier molecular flexibility index (Phi) is 4.51. The minimum absolute atomic E-state index is 0.221. The highest BCUT2D eigenvalue weighted by molar-refractivity contribution is 5.77. The molecule has 1 fully saturated rings. The van der Waals surface area contributed by atoms with E-state index in [4.69, 9.17) is 5.73 Å². The number of carbonyl (C=O) groups is 2. The fourth-order valence-corrected chi connectivity index (χ4v) is 2.56. The van der Waals surface area contributed by atoms with Crippen LogP contribution >= 0.6 is 0 Å². The number of nitrogens with two attached hydrogens (primary N) is 1. The van der Waals surface area contributed by atoms with Crippen LogP contribution in [-0.2, 0) is 9.59 Å². The molecule has 0 aromatic rings. The molecule has 5 heteroatoms. The van der Waals surface area contributed by atoms with Crippen molar-refractivity contribution >= 4 is 11.9 Å². The molecule has 1 saturated heterocycles. The lowest BCUT2D eigenvalue weighted by Crippen LogP contribution is -2.38. The fraction of sp³-hybridized carbons (Fsp3) is 0.833. The van der Waals surface area contributed by atoms with E-state index in [1.54, 1.807) is 6.92 Å². The summed E-state index contributed by atoms with van der Waals surface area (Å²) in [6.07, 6.45) is 2.23. The lowest BCUT2D eigenvalue weighted by molar-refractivity contribution is -0.148. The molecule has 0 radical (unpaired) electrons. The highest BCUT2D eigenvalue weighted by Crippen LogP contribution is 2.35. The summed E-state index contributed by atoms with van der Waals surface area (Å²) >= 11 is 0. The second kappa shape index (κ2) is 5.49. The first-order valence-corrected chi connectivity index (χ1v) is 6.16. The molecule has 0 bridgehead atoms. The molecule has 17 heavy (non-hydrogen) atoms. The van der Waals surface area contributed by atoms with Crippen LogP contribution in [-0.4, -0.2) is 41.5 Å². The average Bonchev–Trinajstić information content (AvgIpc) is 2.63. The second-order valence-electron chi connectivity index (χ2n) is 5.12. The summed E-state index contributed by atoms with van der Waals surface area (Å²) in [4.78, 5) is 24.4. The van der Waals surface area contributed by atoms with Crippen LogP contribution in [0.1, 0.15) is 33.1 Å². The number of amides is 1. The van der Waals surface area contributed by atoms with E-state index in [0.29, 0.717) is 25.9 Å². The Hall–Kier alpha value is -1.10. The second-order valence-corrected chi connectivity index (χ2v) is 5.12. The van der Waals surface area contributed by atoms with Crippen LogP contribution in [0.3, 0.4) is 0 Å². The zero-order chi connectivity index (χ0) is 13.1. The van der Waals surface area contributed by atoms with Gasteiger partial charge >= 0.3 is 5.97 Å². The summed E-state index contributed by atoms with van der Waals surface area (Å²) in [7, 11) is 0. The number of carboxylic acids is 1. The molecule has 0 saturated carbocycles. The molecule has 0 aliphatic carbocycles. The number of likely N-dealkylation sites (tertiary alicyclic amines) is 1. The van der Waals surface area contributed by atoms with Gasteiger partial charge in [0.15, 0.2) is 0 Å². The summed E-state index contributed by atoms with van der Waals surface area (Å²) < 4.78 is 0. The van der Waals surface area contributed by atoms with Crippen molar-refractivity contribution in [2.75, 3.05) is 19.6 Å². The van der Waals surface area contributed by atoms with Crippen molar-refractivity contribution in [1.82, 2.24) is 4.90 Å². The van der Waals surface area contributed by atoms with Gasteiger partial charge in [0.25, 0.3) is 0 Å². The van der Waals surface area contributed by atoms with Crippen LogP contribution in [0.4, 0.5) is 0 Å². The Balaban J connectivity index is 2.60. The molecular formula is C12H22N2O3. The Labute approximate surface area is 102 Å². The minimum atomic E-state index is -0.714. The highest BCUT2D eigenvalue weighted by Gasteiger charge is 2.44. The van der Waals surface area contributed by atoms with Crippen LogP contribution in [0.2, 0.25) is 0 Å². The molecule has 1 aliphatic heterocycles. The third-order valence-corrected chi connectivity index (χ3v) is 3.63. The van der Waals surface area contributed by atoms with E-state index in [1.165, 1.54) is 0 Å². The average molecular weight is 242 g/mol. The summed E-state index contributed by atoms with van der Waals surface area (Å²) in [5, 5.41) is 9.34. The number of carbonyl (C=O) groups excluding carboxylic acids is 1. The van der Waals surface area contributed by atoms with E-state index < -0.39 is 11.4 Å². The van der Waals surface area contributed by atoms with Crippen molar-refractivity contribution in [2.45, 2.75) is 33.1 Å². The number of carboxylic acid groups (broad SMARTS) is 1. The van der Waals surface area contributed by atoms with Crippen molar-refractivity contribution in [3.63, 3.8) is 0 Å². The molecule has 5 nitrogen and oxygen atoms in total. The van der Waals surface area contributed by atoms with Crippen molar-refractivity contribution in [2.24, 2.45) is 17.1 Å². The molecule has 0 aromatic carbocycles. The number of aliphatic carboxylic acids is 1. The number of rotatable bonds is 6. The monoisotopic (exact) mass is 242 g/mol. The van der Waals surface area contributed by atoms with Crippen LogP contribution < -0.4 is 5.73 Å². The molecule has 1 aliphatic rings. The smallest absolute Gasteiger partial charge is 0.310 e. The summed E-state index contributed by atoms with van der Waals surface area (Å²) in [6.45, 7) is 5.62. The SMILES string of the molecule is CCCC1(C(=O)O)CCN(CC(C)C(N)=O)C1. The van der Waals surface area contributed by atoms with Gasteiger partial charge in [-0.25, -0.2) is 0 Å². The van der Waals surface area contributed by atoms with Gasteiger partial charge in [-0.3, -0.25) is 9.59 Å². The molecule has 1 heterocycles. The molecule has 0 aromatic heterocycles. The van der Waals surface area contributed by atoms with Crippen molar-refractivity contribution in [3.8, 4) is 0 Å². The van der Waals surface area contributed by atoms with Crippen LogP contribution in [0.5, 0.6) is 0 Å². The van der Waals surface area contributed by atoms with E-state index in [0.717, 1.165) is 13.0 Å². The Morgan fingerprint density at radius 1 is 1.53 bits per heavy atom. The largest absolute Gasteiger partial charge is 0.481 e. The first kappa shape index (κ1) is 14.0. The molecule has 2 unspecified atom stereocenters. The van der Waals surface area contributed by atoms with Gasteiger partial charge in [-0.15, -0.1) is 0 Å². The maximum atomic E-state index is 11.4. The lowest BCUT2D eigenvalue weighted by Gasteiger charge is -2.25. The Morgan fingerprint density at radius 3 is 2.65 bits per heavy atom. The third kappa shape index (κ3) is 3.19. The van der Waals surface area contributed by atoms with Crippen LogP contribution in [0, 0.1) is 11.3 Å². The van der Waals surface area contributed by atoms with Crippen molar-refractivity contribution in [1.29, 1.82) is 0 Å². The third-order valence-electron chi connectivity index (χ3n) is 3.63. The van der Waals surface area contributed by atoms with E-state index in [1.807, 2.05) is 11.8 Å². The first-order chi connectivity index (χ1) is 7.91. The Bertz CT molecular complexity index is 306. The topological polar surface area (TPSA) is 83.6 Å². The number of primary amides is 1. The van der Waals surface area contributed by atoms with Crippen molar-refractivity contribution < 1.29 is 14.7 Å². The maximum Gasteiger partial charge on any atom is 0.310 e. The van der Waals surface area contributed by atoms with E-state index in [9.17, 15) is 14.7 Å². The fourth-order valence-electron chi connectivity index (χ4n) is 2.56. The molecular weight excluding hydrogens is 220 g/mol.